The van der Waals surface area contributed by atoms with Crippen molar-refractivity contribution in [3.05, 3.63) is 28.8 Å². The molecule has 3 nitrogen and oxygen atoms in total. The zero-order valence-corrected chi connectivity index (χ0v) is 12.9. The first-order chi connectivity index (χ1) is 9.39. The fourth-order valence-corrected chi connectivity index (χ4v) is 3.12. The van der Waals surface area contributed by atoms with Crippen LogP contribution >= 0.6 is 0 Å². The Balaban J connectivity index is 2.33. The molecule has 20 heavy (non-hydrogen) atoms. The number of aliphatic hydroxyl groups is 2. The minimum Gasteiger partial charge on any atom is -0.496 e. The van der Waals surface area contributed by atoms with E-state index in [1.807, 2.05) is 26.0 Å². The van der Waals surface area contributed by atoms with E-state index in [-0.39, 0.29) is 0 Å². The molecule has 0 heterocycles. The van der Waals surface area contributed by atoms with Gasteiger partial charge in [-0.25, -0.2) is 0 Å². The molecule has 0 bridgehead atoms. The van der Waals surface area contributed by atoms with Crippen molar-refractivity contribution in [2.75, 3.05) is 7.11 Å². The molecule has 1 fully saturated rings. The monoisotopic (exact) mass is 278 g/mol. The first-order valence-corrected chi connectivity index (χ1v) is 7.43. The number of hydrogen-bond donors (Lipinski definition) is 2. The minimum absolute atomic E-state index is 0.629. The first kappa shape index (κ1) is 15.3. The number of methoxy groups -OCH3 is 1. The molecule has 1 saturated carbocycles. The van der Waals surface area contributed by atoms with Gasteiger partial charge in [0.15, 0.2) is 0 Å². The molecular weight excluding hydrogens is 252 g/mol. The van der Waals surface area contributed by atoms with E-state index in [2.05, 4.69) is 6.92 Å². The van der Waals surface area contributed by atoms with Crippen molar-refractivity contribution in [2.24, 2.45) is 5.92 Å². The fourth-order valence-electron chi connectivity index (χ4n) is 3.12. The Labute approximate surface area is 121 Å². The summed E-state index contributed by atoms with van der Waals surface area (Å²) < 4.78 is 5.46. The van der Waals surface area contributed by atoms with Gasteiger partial charge in [0.1, 0.15) is 11.9 Å². The van der Waals surface area contributed by atoms with Crippen LogP contribution in [-0.4, -0.2) is 22.9 Å². The second kappa shape index (κ2) is 5.74. The number of benzene rings is 1. The van der Waals surface area contributed by atoms with Crippen molar-refractivity contribution < 1.29 is 14.9 Å². The van der Waals surface area contributed by atoms with Crippen LogP contribution in [0.3, 0.4) is 0 Å². The van der Waals surface area contributed by atoms with Crippen molar-refractivity contribution in [1.29, 1.82) is 0 Å². The average Bonchev–Trinajstić information content (AvgIpc) is 2.44. The lowest BCUT2D eigenvalue weighted by atomic mass is 9.74. The average molecular weight is 278 g/mol. The second-order valence-corrected chi connectivity index (χ2v) is 6.32. The normalized spacial score (nSPS) is 28.2. The zero-order valence-electron chi connectivity index (χ0n) is 12.9. The summed E-state index contributed by atoms with van der Waals surface area (Å²) in [4.78, 5) is 0. The maximum Gasteiger partial charge on any atom is 0.127 e. The van der Waals surface area contributed by atoms with E-state index in [4.69, 9.17) is 4.74 Å². The van der Waals surface area contributed by atoms with Crippen molar-refractivity contribution in [2.45, 2.75) is 58.2 Å². The van der Waals surface area contributed by atoms with E-state index in [0.29, 0.717) is 30.1 Å². The van der Waals surface area contributed by atoms with Crippen molar-refractivity contribution >= 4 is 0 Å². The lowest BCUT2D eigenvalue weighted by Crippen LogP contribution is -2.40. The molecule has 2 N–H and O–H groups in total. The number of ether oxygens (including phenoxy) is 1. The topological polar surface area (TPSA) is 49.7 Å². The van der Waals surface area contributed by atoms with Crippen LogP contribution in [-0.2, 0) is 0 Å². The van der Waals surface area contributed by atoms with Crippen LogP contribution in [0.2, 0.25) is 0 Å². The van der Waals surface area contributed by atoms with Crippen LogP contribution in [0.1, 0.15) is 55.4 Å². The summed E-state index contributed by atoms with van der Waals surface area (Å²) in [5, 5.41) is 21.5. The molecule has 0 aliphatic heterocycles. The summed E-state index contributed by atoms with van der Waals surface area (Å²) in [6, 6.07) is 3.85. The largest absolute Gasteiger partial charge is 0.496 e. The van der Waals surface area contributed by atoms with E-state index in [0.717, 1.165) is 24.0 Å². The predicted octanol–water partition coefficient (Wildman–Crippen LogP) is 3.29. The molecule has 1 aromatic rings. The molecule has 0 amide bonds. The fraction of sp³-hybridized carbons (Fsp3) is 0.647. The van der Waals surface area contributed by atoms with Crippen molar-refractivity contribution in [3.63, 3.8) is 0 Å². The van der Waals surface area contributed by atoms with Gasteiger partial charge in [0.25, 0.3) is 0 Å². The Bertz CT molecular complexity index is 473. The summed E-state index contributed by atoms with van der Waals surface area (Å²) in [6.07, 6.45) is 2.32. The molecule has 1 unspecified atom stereocenters. The molecule has 0 saturated heterocycles. The summed E-state index contributed by atoms with van der Waals surface area (Å²) in [5.41, 5.74) is 1.83. The molecule has 1 atom stereocenters. The van der Waals surface area contributed by atoms with Gasteiger partial charge in [0, 0.05) is 5.56 Å². The molecule has 112 valence electrons. The second-order valence-electron chi connectivity index (χ2n) is 6.32. The Morgan fingerprint density at radius 2 is 1.85 bits per heavy atom. The highest BCUT2D eigenvalue weighted by Crippen LogP contribution is 2.43. The SMILES string of the molecule is COc1c(C(O)C2(O)CCC(C)CC2)ccc(C)c1C. The minimum atomic E-state index is -1.03. The Morgan fingerprint density at radius 3 is 2.40 bits per heavy atom. The highest BCUT2D eigenvalue weighted by Gasteiger charge is 2.40. The molecule has 1 aromatic carbocycles. The van der Waals surface area contributed by atoms with Gasteiger partial charge in [0.05, 0.1) is 12.7 Å². The molecule has 0 aromatic heterocycles. The van der Waals surface area contributed by atoms with Crippen LogP contribution < -0.4 is 4.74 Å². The standard InChI is InChI=1S/C17H26O3/c1-11-7-9-17(19,10-8-11)16(18)14-6-5-12(2)13(3)15(14)20-4/h5-6,11,16,18-19H,7-10H2,1-4H3. The number of aliphatic hydroxyl groups excluding tert-OH is 1. The van der Waals surface area contributed by atoms with E-state index in [1.165, 1.54) is 0 Å². The Kier molecular flexibility index (Phi) is 4.40. The van der Waals surface area contributed by atoms with Crippen LogP contribution in [0.5, 0.6) is 5.75 Å². The van der Waals surface area contributed by atoms with Gasteiger partial charge in [-0.2, -0.15) is 0 Å². The van der Waals surface area contributed by atoms with E-state index < -0.39 is 11.7 Å². The van der Waals surface area contributed by atoms with Crippen LogP contribution in [0.15, 0.2) is 12.1 Å². The molecule has 0 radical (unpaired) electrons. The van der Waals surface area contributed by atoms with Crippen LogP contribution in [0.25, 0.3) is 0 Å². The van der Waals surface area contributed by atoms with E-state index in [9.17, 15) is 10.2 Å². The summed E-state index contributed by atoms with van der Waals surface area (Å²) in [5.74, 6) is 1.33. The maximum atomic E-state index is 10.8. The maximum absolute atomic E-state index is 10.8. The van der Waals surface area contributed by atoms with Crippen LogP contribution in [0.4, 0.5) is 0 Å². The predicted molar refractivity (Wildman–Crippen MR) is 80.0 cm³/mol. The summed E-state index contributed by atoms with van der Waals surface area (Å²) in [6.45, 7) is 6.20. The number of aryl methyl sites for hydroxylation is 1. The molecule has 2 rings (SSSR count). The van der Waals surface area contributed by atoms with Gasteiger partial charge in [0.2, 0.25) is 0 Å². The molecule has 0 spiro atoms. The van der Waals surface area contributed by atoms with Gasteiger partial charge in [-0.3, -0.25) is 0 Å². The van der Waals surface area contributed by atoms with Gasteiger partial charge < -0.3 is 14.9 Å². The number of rotatable bonds is 3. The lowest BCUT2D eigenvalue weighted by Gasteiger charge is -2.39. The Morgan fingerprint density at radius 1 is 1.25 bits per heavy atom. The first-order valence-electron chi connectivity index (χ1n) is 7.43. The van der Waals surface area contributed by atoms with Gasteiger partial charge >= 0.3 is 0 Å². The Hall–Kier alpha value is -1.06. The molecule has 3 heteroatoms. The quantitative estimate of drug-likeness (QED) is 0.892. The van der Waals surface area contributed by atoms with Crippen molar-refractivity contribution in [3.8, 4) is 5.75 Å². The number of hydrogen-bond acceptors (Lipinski definition) is 3. The van der Waals surface area contributed by atoms with Crippen LogP contribution in [0, 0.1) is 19.8 Å². The lowest BCUT2D eigenvalue weighted by molar-refractivity contribution is -0.106. The highest BCUT2D eigenvalue weighted by molar-refractivity contribution is 5.47. The molecular formula is C17H26O3. The smallest absolute Gasteiger partial charge is 0.127 e. The zero-order chi connectivity index (χ0) is 14.9. The van der Waals surface area contributed by atoms with Gasteiger partial charge in [-0.1, -0.05) is 19.1 Å². The van der Waals surface area contributed by atoms with E-state index >= 15 is 0 Å². The summed E-state index contributed by atoms with van der Waals surface area (Å²) in [7, 11) is 1.62. The third-order valence-corrected chi connectivity index (χ3v) is 4.85. The van der Waals surface area contributed by atoms with E-state index in [1.54, 1.807) is 7.11 Å². The summed E-state index contributed by atoms with van der Waals surface area (Å²) >= 11 is 0. The van der Waals surface area contributed by atoms with Crippen molar-refractivity contribution in [1.82, 2.24) is 0 Å². The third-order valence-electron chi connectivity index (χ3n) is 4.85. The third kappa shape index (κ3) is 2.70. The van der Waals surface area contributed by atoms with Gasteiger partial charge in [-0.05, 0) is 56.6 Å². The van der Waals surface area contributed by atoms with Gasteiger partial charge in [-0.15, -0.1) is 0 Å². The molecule has 1 aliphatic carbocycles. The molecule has 1 aliphatic rings. The highest BCUT2D eigenvalue weighted by atomic mass is 16.5.